The molecule has 0 unspecified atom stereocenters. The molecule has 0 aliphatic heterocycles. The maximum absolute atomic E-state index is 13.0. The molecule has 2 aliphatic carbocycles. The van der Waals surface area contributed by atoms with Crippen LogP contribution < -0.4 is 0 Å². The highest BCUT2D eigenvalue weighted by Gasteiger charge is 2.21. The van der Waals surface area contributed by atoms with Gasteiger partial charge in [-0.3, -0.25) is 0 Å². The van der Waals surface area contributed by atoms with E-state index < -0.39 is 5.83 Å². The van der Waals surface area contributed by atoms with Crippen molar-refractivity contribution in [2.24, 2.45) is 23.7 Å². The van der Waals surface area contributed by atoms with Gasteiger partial charge in [0.25, 0.3) is 0 Å². The van der Waals surface area contributed by atoms with E-state index in [1.54, 1.807) is 6.07 Å². The van der Waals surface area contributed by atoms with Gasteiger partial charge in [0.15, 0.2) is 5.83 Å². The molecule has 0 radical (unpaired) electrons. The first-order chi connectivity index (χ1) is 11.2. The van der Waals surface area contributed by atoms with Gasteiger partial charge in [-0.2, -0.15) is 9.65 Å². The predicted molar refractivity (Wildman–Crippen MR) is 94.4 cm³/mol. The topological polar surface area (TPSA) is 23.8 Å². The molecule has 0 saturated heterocycles. The van der Waals surface area contributed by atoms with Crippen LogP contribution >= 0.6 is 0 Å². The van der Waals surface area contributed by atoms with Crippen molar-refractivity contribution in [2.45, 2.75) is 77.6 Å². The molecule has 0 aromatic carbocycles. The highest BCUT2D eigenvalue weighted by Crippen LogP contribution is 2.35. The Kier molecular flexibility index (Phi) is 7.86. The Labute approximate surface area is 141 Å². The van der Waals surface area contributed by atoms with Gasteiger partial charge in [-0.15, -0.1) is 0 Å². The summed E-state index contributed by atoms with van der Waals surface area (Å²) in [7, 11) is 0. The van der Waals surface area contributed by atoms with Gasteiger partial charge in [-0.1, -0.05) is 38.3 Å². The second kappa shape index (κ2) is 9.91. The Morgan fingerprint density at radius 3 is 2.00 bits per heavy atom. The van der Waals surface area contributed by atoms with Gasteiger partial charge in [0.2, 0.25) is 0 Å². The van der Waals surface area contributed by atoms with Gasteiger partial charge >= 0.3 is 0 Å². The molecule has 0 heterocycles. The van der Waals surface area contributed by atoms with E-state index in [1.807, 2.05) is 0 Å². The zero-order chi connectivity index (χ0) is 16.5. The summed E-state index contributed by atoms with van der Waals surface area (Å²) in [6.45, 7) is 2.29. The summed E-state index contributed by atoms with van der Waals surface area (Å²) < 4.78 is 13.0. The summed E-state index contributed by atoms with van der Waals surface area (Å²) in [5.74, 6) is 2.11. The van der Waals surface area contributed by atoms with Crippen molar-refractivity contribution in [2.75, 3.05) is 0 Å². The van der Waals surface area contributed by atoms with Crippen molar-refractivity contribution in [3.05, 3.63) is 24.1 Å². The SMILES string of the molecule is CCCC[C@H]1CC[C@H](/C=C/C2CCC(C=C(F)C#N)CC2)CC1. The Morgan fingerprint density at radius 1 is 0.957 bits per heavy atom. The molecular weight excluding hydrogens is 285 g/mol. The van der Waals surface area contributed by atoms with Crippen LogP contribution in [0.3, 0.4) is 0 Å². The minimum Gasteiger partial charge on any atom is -0.195 e. The maximum atomic E-state index is 13.0. The van der Waals surface area contributed by atoms with Crippen LogP contribution in [0.5, 0.6) is 0 Å². The van der Waals surface area contributed by atoms with Crippen LogP contribution in [0.25, 0.3) is 0 Å². The Hall–Kier alpha value is -1.10. The lowest BCUT2D eigenvalue weighted by molar-refractivity contribution is 0.288. The van der Waals surface area contributed by atoms with E-state index in [1.165, 1.54) is 51.0 Å². The van der Waals surface area contributed by atoms with Crippen LogP contribution in [0.2, 0.25) is 0 Å². The molecule has 0 spiro atoms. The highest BCUT2D eigenvalue weighted by molar-refractivity contribution is 5.13. The lowest BCUT2D eigenvalue weighted by Gasteiger charge is -2.28. The van der Waals surface area contributed by atoms with Crippen molar-refractivity contribution in [1.29, 1.82) is 5.26 Å². The molecular formula is C21H32FN. The molecule has 0 atom stereocenters. The van der Waals surface area contributed by atoms with Crippen LogP contribution in [-0.4, -0.2) is 0 Å². The van der Waals surface area contributed by atoms with Crippen molar-refractivity contribution in [3.8, 4) is 6.07 Å². The van der Waals surface area contributed by atoms with Crippen LogP contribution in [0.15, 0.2) is 24.1 Å². The van der Waals surface area contributed by atoms with Crippen molar-refractivity contribution >= 4 is 0 Å². The van der Waals surface area contributed by atoms with E-state index in [4.69, 9.17) is 5.26 Å². The number of nitrogens with zero attached hydrogens (tertiary/aromatic N) is 1. The first kappa shape index (κ1) is 18.2. The molecule has 0 aromatic heterocycles. The van der Waals surface area contributed by atoms with E-state index in [9.17, 15) is 4.39 Å². The van der Waals surface area contributed by atoms with E-state index in [-0.39, 0.29) is 5.92 Å². The number of unbranched alkanes of at least 4 members (excludes halogenated alkanes) is 1. The molecule has 128 valence electrons. The fourth-order valence-electron chi connectivity index (χ4n) is 4.22. The minimum atomic E-state index is -0.608. The summed E-state index contributed by atoms with van der Waals surface area (Å²) in [5.41, 5.74) is 0. The third-order valence-corrected chi connectivity index (χ3v) is 5.82. The Bertz CT molecular complexity index is 429. The summed E-state index contributed by atoms with van der Waals surface area (Å²) in [6.07, 6.45) is 20.5. The zero-order valence-electron chi connectivity index (χ0n) is 14.6. The summed E-state index contributed by atoms with van der Waals surface area (Å²) in [4.78, 5) is 0. The fourth-order valence-corrected chi connectivity index (χ4v) is 4.22. The Balaban J connectivity index is 1.67. The van der Waals surface area contributed by atoms with Gasteiger partial charge in [-0.25, -0.2) is 0 Å². The van der Waals surface area contributed by atoms with Gasteiger partial charge in [-0.05, 0) is 81.1 Å². The summed E-state index contributed by atoms with van der Waals surface area (Å²) in [5, 5.41) is 8.51. The molecule has 1 nitrogen and oxygen atoms in total. The van der Waals surface area contributed by atoms with E-state index in [0.29, 0.717) is 5.92 Å². The van der Waals surface area contributed by atoms with Crippen LogP contribution in [0, 0.1) is 35.0 Å². The Morgan fingerprint density at radius 2 is 1.48 bits per heavy atom. The van der Waals surface area contributed by atoms with Crippen molar-refractivity contribution in [1.82, 2.24) is 0 Å². The molecule has 0 aromatic rings. The van der Waals surface area contributed by atoms with E-state index >= 15 is 0 Å². The second-order valence-corrected chi connectivity index (χ2v) is 7.61. The number of hydrogen-bond donors (Lipinski definition) is 0. The number of rotatable bonds is 6. The first-order valence-electron chi connectivity index (χ1n) is 9.67. The zero-order valence-corrected chi connectivity index (χ0v) is 14.6. The average Bonchev–Trinajstić information content (AvgIpc) is 2.60. The number of nitriles is 1. The summed E-state index contributed by atoms with van der Waals surface area (Å²) in [6, 6.07) is 1.59. The third-order valence-electron chi connectivity index (χ3n) is 5.82. The second-order valence-electron chi connectivity index (χ2n) is 7.61. The molecule has 2 rings (SSSR count). The monoisotopic (exact) mass is 317 g/mol. The molecule has 0 amide bonds. The molecule has 2 fully saturated rings. The van der Waals surface area contributed by atoms with Gasteiger partial charge in [0.1, 0.15) is 6.07 Å². The lowest BCUT2D eigenvalue weighted by atomic mass is 9.78. The maximum Gasteiger partial charge on any atom is 0.196 e. The van der Waals surface area contributed by atoms with Crippen molar-refractivity contribution in [3.63, 3.8) is 0 Å². The normalized spacial score (nSPS) is 32.8. The van der Waals surface area contributed by atoms with Crippen LogP contribution in [0.1, 0.15) is 77.6 Å². The standard InChI is InChI=1S/C21H32FN/c1-2-3-4-17-5-7-18(8-6-17)9-10-19-11-13-20(14-12-19)15-21(22)16-23/h9-10,15,17-20H,2-8,11-14H2,1H3/b10-9+,21-15?/t17-,18-,19?,20?. The average molecular weight is 317 g/mol. The minimum absolute atomic E-state index is 0.272. The van der Waals surface area contributed by atoms with Gasteiger partial charge < -0.3 is 0 Å². The molecule has 2 heteroatoms. The molecule has 2 aliphatic rings. The first-order valence-corrected chi connectivity index (χ1v) is 9.67. The van der Waals surface area contributed by atoms with E-state index in [2.05, 4.69) is 19.1 Å². The number of hydrogen-bond acceptors (Lipinski definition) is 1. The molecule has 2 saturated carbocycles. The van der Waals surface area contributed by atoms with Gasteiger partial charge in [0, 0.05) is 0 Å². The van der Waals surface area contributed by atoms with Crippen LogP contribution in [0.4, 0.5) is 4.39 Å². The molecule has 23 heavy (non-hydrogen) atoms. The van der Waals surface area contributed by atoms with Crippen LogP contribution in [-0.2, 0) is 0 Å². The summed E-state index contributed by atoms with van der Waals surface area (Å²) >= 11 is 0. The number of allylic oxidation sites excluding steroid dienone is 4. The predicted octanol–water partition coefficient (Wildman–Crippen LogP) is 6.72. The van der Waals surface area contributed by atoms with Gasteiger partial charge in [0.05, 0.1) is 0 Å². The van der Waals surface area contributed by atoms with Crippen molar-refractivity contribution < 1.29 is 4.39 Å². The fraction of sp³-hybridized carbons (Fsp3) is 0.762. The quantitative estimate of drug-likeness (QED) is 0.394. The largest absolute Gasteiger partial charge is 0.196 e. The highest BCUT2D eigenvalue weighted by atomic mass is 19.1. The smallest absolute Gasteiger partial charge is 0.195 e. The number of halogens is 1. The lowest BCUT2D eigenvalue weighted by Crippen LogP contribution is -2.14. The van der Waals surface area contributed by atoms with E-state index in [0.717, 1.165) is 37.5 Å². The third kappa shape index (κ3) is 6.50. The molecule has 0 N–H and O–H groups in total. The molecule has 0 bridgehead atoms.